The molecule has 1 amide bonds. The molecule has 1 N–H and O–H groups in total. The number of benzene rings is 2. The summed E-state index contributed by atoms with van der Waals surface area (Å²) >= 11 is 1.03. The summed E-state index contributed by atoms with van der Waals surface area (Å²) in [6.07, 6.45) is 1.08. The lowest BCUT2D eigenvalue weighted by Gasteiger charge is -2.04. The number of aromatic nitrogens is 1. The Morgan fingerprint density at radius 1 is 1.07 bits per heavy atom. The fourth-order valence-corrected chi connectivity index (χ4v) is 5.02. The number of sulfone groups is 2. The summed E-state index contributed by atoms with van der Waals surface area (Å²) in [5.41, 5.74) is 0.476. The predicted molar refractivity (Wildman–Crippen MR) is 99.8 cm³/mol. The fourth-order valence-electron chi connectivity index (χ4n) is 2.24. The molecule has 0 atom stereocenters. The van der Waals surface area contributed by atoms with Gasteiger partial charge in [0.25, 0.3) is 0 Å². The maximum Gasteiger partial charge on any atom is 0.241 e. The first-order valence-electron chi connectivity index (χ1n) is 7.43. The van der Waals surface area contributed by atoms with Gasteiger partial charge in [0, 0.05) is 6.26 Å². The zero-order valence-corrected chi connectivity index (χ0v) is 16.3. The average molecular weight is 428 g/mol. The topological polar surface area (TPSA) is 110 Å². The van der Waals surface area contributed by atoms with Gasteiger partial charge in [0.2, 0.25) is 5.91 Å². The van der Waals surface area contributed by atoms with E-state index in [9.17, 15) is 26.0 Å². The highest BCUT2D eigenvalue weighted by atomic mass is 32.2. The van der Waals surface area contributed by atoms with Crippen LogP contribution in [0.15, 0.2) is 52.3 Å². The quantitative estimate of drug-likeness (QED) is 0.624. The summed E-state index contributed by atoms with van der Waals surface area (Å²) in [6.45, 7) is 0. The first-order chi connectivity index (χ1) is 12.5. The Labute approximate surface area is 158 Å². The summed E-state index contributed by atoms with van der Waals surface area (Å²) in [7, 11) is -7.31. The first-order valence-corrected chi connectivity index (χ1v) is 11.8. The van der Waals surface area contributed by atoms with E-state index in [4.69, 9.17) is 0 Å². The molecular weight excluding hydrogens is 415 g/mol. The van der Waals surface area contributed by atoms with Crippen molar-refractivity contribution in [1.82, 2.24) is 4.98 Å². The van der Waals surface area contributed by atoms with E-state index in [1.54, 1.807) is 0 Å². The van der Waals surface area contributed by atoms with Gasteiger partial charge in [-0.15, -0.1) is 0 Å². The summed E-state index contributed by atoms with van der Waals surface area (Å²) in [4.78, 5) is 16.2. The molecule has 0 spiro atoms. The van der Waals surface area contributed by atoms with Crippen LogP contribution in [0.4, 0.5) is 9.52 Å². The Morgan fingerprint density at radius 2 is 1.70 bits per heavy atom. The van der Waals surface area contributed by atoms with Crippen molar-refractivity contribution in [2.24, 2.45) is 0 Å². The molecule has 0 bridgehead atoms. The van der Waals surface area contributed by atoms with Gasteiger partial charge in [0.1, 0.15) is 11.6 Å². The van der Waals surface area contributed by atoms with Gasteiger partial charge in [-0.3, -0.25) is 4.79 Å². The molecule has 0 saturated heterocycles. The minimum atomic E-state index is -3.93. The van der Waals surface area contributed by atoms with Crippen molar-refractivity contribution < 1.29 is 26.0 Å². The Bertz CT molecular complexity index is 1230. The van der Waals surface area contributed by atoms with Gasteiger partial charge in [0.15, 0.2) is 24.8 Å². The molecular formula is C16H13FN2O5S3. The summed E-state index contributed by atoms with van der Waals surface area (Å²) in [6, 6.07) is 8.52. The lowest BCUT2D eigenvalue weighted by Crippen LogP contribution is -2.22. The number of fused-ring (bicyclic) bond motifs is 1. The maximum atomic E-state index is 12.9. The van der Waals surface area contributed by atoms with Gasteiger partial charge in [0.05, 0.1) is 20.0 Å². The largest absolute Gasteiger partial charge is 0.301 e. The smallest absolute Gasteiger partial charge is 0.241 e. The number of amides is 1. The van der Waals surface area contributed by atoms with Crippen LogP contribution in [-0.4, -0.2) is 39.7 Å². The van der Waals surface area contributed by atoms with E-state index in [1.807, 2.05) is 0 Å². The molecule has 0 aliphatic carbocycles. The standard InChI is InChI=1S/C16H13FN2O5S3/c1-26(21,22)12-6-7-13-14(8-12)25-16(18-13)19-15(20)9-27(23,24)11-4-2-10(17)3-5-11/h2-8H,9H2,1H3,(H,18,19,20). The van der Waals surface area contributed by atoms with E-state index in [-0.39, 0.29) is 14.9 Å². The summed E-state index contributed by atoms with van der Waals surface area (Å²) in [5.74, 6) is -2.22. The number of nitrogens with one attached hydrogen (secondary N) is 1. The molecule has 0 radical (unpaired) electrons. The molecule has 27 heavy (non-hydrogen) atoms. The fraction of sp³-hybridized carbons (Fsp3) is 0.125. The van der Waals surface area contributed by atoms with Gasteiger partial charge in [-0.2, -0.15) is 0 Å². The maximum absolute atomic E-state index is 12.9. The van der Waals surface area contributed by atoms with Crippen molar-refractivity contribution >= 4 is 52.3 Å². The molecule has 2 aromatic carbocycles. The third-order valence-corrected chi connectivity index (χ3v) is 7.20. The number of nitrogens with zero attached hydrogens (tertiary/aromatic N) is 1. The number of carbonyl (C=O) groups excluding carboxylic acids is 1. The molecule has 1 aromatic heterocycles. The SMILES string of the molecule is CS(=O)(=O)c1ccc2nc(NC(=O)CS(=O)(=O)c3ccc(F)cc3)sc2c1. The predicted octanol–water partition coefficient (Wildman–Crippen LogP) is 2.25. The van der Waals surface area contributed by atoms with Gasteiger partial charge in [-0.05, 0) is 42.5 Å². The normalized spacial score (nSPS) is 12.2. The molecule has 7 nitrogen and oxygen atoms in total. The Hall–Kier alpha value is -2.37. The van der Waals surface area contributed by atoms with Crippen LogP contribution in [-0.2, 0) is 24.5 Å². The number of hydrogen-bond acceptors (Lipinski definition) is 7. The second-order valence-electron chi connectivity index (χ2n) is 5.68. The van der Waals surface area contributed by atoms with Crippen LogP contribution in [0.1, 0.15) is 0 Å². The number of thiazole rings is 1. The Kier molecular flexibility index (Phi) is 5.02. The average Bonchev–Trinajstić information content (AvgIpc) is 2.94. The van der Waals surface area contributed by atoms with Crippen molar-refractivity contribution in [1.29, 1.82) is 0 Å². The van der Waals surface area contributed by atoms with Crippen LogP contribution in [0, 0.1) is 5.82 Å². The van der Waals surface area contributed by atoms with E-state index in [0.29, 0.717) is 10.2 Å². The number of halogens is 1. The zero-order chi connectivity index (χ0) is 19.8. The number of hydrogen-bond donors (Lipinski definition) is 1. The van der Waals surface area contributed by atoms with Crippen LogP contribution in [0.3, 0.4) is 0 Å². The monoisotopic (exact) mass is 428 g/mol. The lowest BCUT2D eigenvalue weighted by molar-refractivity contribution is -0.113. The number of anilines is 1. The number of rotatable bonds is 5. The summed E-state index contributed by atoms with van der Waals surface area (Å²) in [5, 5.41) is 2.54. The van der Waals surface area contributed by atoms with E-state index >= 15 is 0 Å². The van der Waals surface area contributed by atoms with Crippen molar-refractivity contribution in [3.8, 4) is 0 Å². The Balaban J connectivity index is 1.78. The summed E-state index contributed by atoms with van der Waals surface area (Å²) < 4.78 is 61.1. The van der Waals surface area contributed by atoms with Crippen LogP contribution in [0.25, 0.3) is 10.2 Å². The highest BCUT2D eigenvalue weighted by Gasteiger charge is 2.20. The minimum Gasteiger partial charge on any atom is -0.301 e. The highest BCUT2D eigenvalue weighted by Crippen LogP contribution is 2.28. The Morgan fingerprint density at radius 3 is 2.33 bits per heavy atom. The van der Waals surface area contributed by atoms with Crippen molar-refractivity contribution in [3.05, 3.63) is 48.3 Å². The van der Waals surface area contributed by atoms with Crippen LogP contribution >= 0.6 is 11.3 Å². The van der Waals surface area contributed by atoms with Crippen molar-refractivity contribution in [3.63, 3.8) is 0 Å². The van der Waals surface area contributed by atoms with E-state index in [1.165, 1.54) is 18.2 Å². The zero-order valence-electron chi connectivity index (χ0n) is 13.8. The third kappa shape index (κ3) is 4.49. The molecule has 0 aliphatic heterocycles. The number of carbonyl (C=O) groups is 1. The van der Waals surface area contributed by atoms with Crippen LogP contribution in [0.2, 0.25) is 0 Å². The second-order valence-corrected chi connectivity index (χ2v) is 10.7. The molecule has 11 heteroatoms. The van der Waals surface area contributed by atoms with Gasteiger partial charge >= 0.3 is 0 Å². The van der Waals surface area contributed by atoms with E-state index in [0.717, 1.165) is 41.9 Å². The van der Waals surface area contributed by atoms with Gasteiger partial charge in [-0.1, -0.05) is 11.3 Å². The molecule has 0 aliphatic rings. The van der Waals surface area contributed by atoms with E-state index in [2.05, 4.69) is 10.3 Å². The lowest BCUT2D eigenvalue weighted by atomic mass is 10.3. The molecule has 3 aromatic rings. The molecule has 1 heterocycles. The van der Waals surface area contributed by atoms with Crippen molar-refractivity contribution in [2.45, 2.75) is 9.79 Å². The molecule has 142 valence electrons. The molecule has 0 saturated carbocycles. The third-order valence-electron chi connectivity index (χ3n) is 3.53. The minimum absolute atomic E-state index is 0.121. The second kappa shape index (κ2) is 6.98. The van der Waals surface area contributed by atoms with Gasteiger partial charge < -0.3 is 5.32 Å². The van der Waals surface area contributed by atoms with Crippen LogP contribution < -0.4 is 5.32 Å². The van der Waals surface area contributed by atoms with E-state index < -0.39 is 37.2 Å². The first kappa shape index (κ1) is 19.4. The van der Waals surface area contributed by atoms with Crippen molar-refractivity contribution in [2.75, 3.05) is 17.3 Å². The molecule has 3 rings (SSSR count). The highest BCUT2D eigenvalue weighted by molar-refractivity contribution is 7.92. The van der Waals surface area contributed by atoms with Gasteiger partial charge in [-0.25, -0.2) is 26.2 Å². The molecule has 0 fully saturated rings. The molecule has 0 unspecified atom stereocenters. The van der Waals surface area contributed by atoms with Crippen LogP contribution in [0.5, 0.6) is 0 Å².